The van der Waals surface area contributed by atoms with Crippen molar-refractivity contribution in [3.63, 3.8) is 0 Å². The van der Waals surface area contributed by atoms with Gasteiger partial charge in [-0.15, -0.1) is 0 Å². The predicted octanol–water partition coefficient (Wildman–Crippen LogP) is 2.54. The average molecular weight is 300 g/mol. The molecular weight excluding hydrogens is 272 g/mol. The Labute approximate surface area is 134 Å². The lowest BCUT2D eigenvalue weighted by Gasteiger charge is -2.20. The summed E-state index contributed by atoms with van der Waals surface area (Å²) in [6, 6.07) is 9.93. The third-order valence-electron chi connectivity index (χ3n) is 4.68. The molecule has 1 aromatic rings. The molecule has 0 aromatic heterocycles. The summed E-state index contributed by atoms with van der Waals surface area (Å²) in [5.41, 5.74) is 2.64. The van der Waals surface area contributed by atoms with Crippen molar-refractivity contribution in [1.82, 2.24) is 10.6 Å². The van der Waals surface area contributed by atoms with E-state index in [1.807, 2.05) is 0 Å². The fraction of sp³-hybridized carbons (Fsp3) is 0.611. The van der Waals surface area contributed by atoms with E-state index in [1.54, 1.807) is 0 Å². The standard InChI is InChI=1S/C18H28N4/c1-4-19-18(21-17-11-14(17)3)20-15-9-10-22(12-15)16-7-5-13(2)6-8-16/h5-8,14-15,17H,4,9-12H2,1-3H3,(H2,19,20,21). The molecule has 1 saturated carbocycles. The van der Waals surface area contributed by atoms with Gasteiger partial charge in [0.15, 0.2) is 5.96 Å². The number of aryl methyl sites for hydroxylation is 1. The van der Waals surface area contributed by atoms with Gasteiger partial charge in [-0.1, -0.05) is 24.6 Å². The number of rotatable bonds is 4. The fourth-order valence-corrected chi connectivity index (χ4v) is 3.05. The van der Waals surface area contributed by atoms with Crippen molar-refractivity contribution in [3.8, 4) is 0 Å². The summed E-state index contributed by atoms with van der Waals surface area (Å²) < 4.78 is 0. The largest absolute Gasteiger partial charge is 0.369 e. The van der Waals surface area contributed by atoms with Crippen LogP contribution in [0.2, 0.25) is 0 Å². The van der Waals surface area contributed by atoms with E-state index in [0.717, 1.165) is 31.5 Å². The van der Waals surface area contributed by atoms with Crippen molar-refractivity contribution in [2.75, 3.05) is 24.5 Å². The number of hydrogen-bond donors (Lipinski definition) is 2. The van der Waals surface area contributed by atoms with Crippen LogP contribution in [0.4, 0.5) is 5.69 Å². The van der Waals surface area contributed by atoms with Gasteiger partial charge in [0.1, 0.15) is 0 Å². The smallest absolute Gasteiger partial charge is 0.191 e. The van der Waals surface area contributed by atoms with Crippen LogP contribution in [0.15, 0.2) is 29.3 Å². The first kappa shape index (κ1) is 15.2. The molecule has 1 aromatic carbocycles. The first-order valence-electron chi connectivity index (χ1n) is 8.55. The van der Waals surface area contributed by atoms with E-state index >= 15 is 0 Å². The molecule has 4 nitrogen and oxygen atoms in total. The van der Waals surface area contributed by atoms with Crippen LogP contribution in [0.25, 0.3) is 0 Å². The minimum Gasteiger partial charge on any atom is -0.369 e. The van der Waals surface area contributed by atoms with Crippen LogP contribution in [0.5, 0.6) is 0 Å². The maximum atomic E-state index is 4.59. The minimum atomic E-state index is 0.480. The zero-order valence-electron chi connectivity index (χ0n) is 14.0. The van der Waals surface area contributed by atoms with Gasteiger partial charge in [-0.2, -0.15) is 0 Å². The Morgan fingerprint density at radius 2 is 2.00 bits per heavy atom. The van der Waals surface area contributed by atoms with E-state index in [4.69, 9.17) is 0 Å². The molecule has 22 heavy (non-hydrogen) atoms. The number of guanidine groups is 1. The number of anilines is 1. The normalized spacial score (nSPS) is 27.9. The Bertz CT molecular complexity index is 522. The fourth-order valence-electron chi connectivity index (χ4n) is 3.05. The molecule has 3 rings (SSSR count). The molecule has 1 heterocycles. The summed E-state index contributed by atoms with van der Waals surface area (Å²) in [6.07, 6.45) is 2.43. The maximum Gasteiger partial charge on any atom is 0.191 e. The molecule has 1 aliphatic carbocycles. The maximum absolute atomic E-state index is 4.59. The second-order valence-corrected chi connectivity index (χ2v) is 6.70. The van der Waals surface area contributed by atoms with E-state index in [2.05, 4.69) is 65.6 Å². The molecular formula is C18H28N4. The Hall–Kier alpha value is -1.71. The molecule has 3 atom stereocenters. The molecule has 3 unspecified atom stereocenters. The summed E-state index contributed by atoms with van der Waals surface area (Å²) in [7, 11) is 0. The summed E-state index contributed by atoms with van der Waals surface area (Å²) in [5, 5.41) is 7.17. The zero-order valence-corrected chi connectivity index (χ0v) is 14.0. The Morgan fingerprint density at radius 1 is 1.27 bits per heavy atom. The molecule has 1 aliphatic heterocycles. The van der Waals surface area contributed by atoms with Gasteiger partial charge in [0, 0.05) is 37.4 Å². The number of nitrogens with one attached hydrogen (secondary N) is 2. The Balaban J connectivity index is 1.55. The molecule has 0 amide bonds. The summed E-state index contributed by atoms with van der Waals surface area (Å²) in [6.45, 7) is 9.50. The second-order valence-electron chi connectivity index (χ2n) is 6.70. The lowest BCUT2D eigenvalue weighted by molar-refractivity contribution is 0.641. The predicted molar refractivity (Wildman–Crippen MR) is 93.6 cm³/mol. The van der Waals surface area contributed by atoms with Gasteiger partial charge in [0.25, 0.3) is 0 Å². The molecule has 2 N–H and O–H groups in total. The van der Waals surface area contributed by atoms with E-state index in [0.29, 0.717) is 12.1 Å². The molecule has 0 radical (unpaired) electrons. The SMILES string of the molecule is CCN=C(NC1CCN(c2ccc(C)cc2)C1)NC1CC1C. The highest BCUT2D eigenvalue weighted by Gasteiger charge is 2.34. The highest BCUT2D eigenvalue weighted by Crippen LogP contribution is 2.29. The summed E-state index contributed by atoms with van der Waals surface area (Å²) in [5.74, 6) is 1.78. The minimum absolute atomic E-state index is 0.480. The molecule has 2 fully saturated rings. The monoisotopic (exact) mass is 300 g/mol. The van der Waals surface area contributed by atoms with Crippen molar-refractivity contribution in [3.05, 3.63) is 29.8 Å². The van der Waals surface area contributed by atoms with Gasteiger partial charge in [-0.25, -0.2) is 0 Å². The van der Waals surface area contributed by atoms with Gasteiger partial charge in [0.2, 0.25) is 0 Å². The highest BCUT2D eigenvalue weighted by atomic mass is 15.3. The number of benzene rings is 1. The van der Waals surface area contributed by atoms with Crippen LogP contribution in [-0.2, 0) is 0 Å². The lowest BCUT2D eigenvalue weighted by Crippen LogP contribution is -2.45. The first-order valence-corrected chi connectivity index (χ1v) is 8.55. The quantitative estimate of drug-likeness (QED) is 0.663. The Morgan fingerprint density at radius 3 is 2.64 bits per heavy atom. The van der Waals surface area contributed by atoms with Gasteiger partial charge in [0.05, 0.1) is 0 Å². The summed E-state index contributed by atoms with van der Waals surface area (Å²) in [4.78, 5) is 7.05. The number of hydrogen-bond acceptors (Lipinski definition) is 2. The van der Waals surface area contributed by atoms with E-state index in [-0.39, 0.29) is 0 Å². The van der Waals surface area contributed by atoms with Crippen molar-refractivity contribution >= 4 is 11.6 Å². The molecule has 2 aliphatic rings. The number of aliphatic imine (C=N–C) groups is 1. The van der Waals surface area contributed by atoms with Crippen molar-refractivity contribution in [2.45, 2.75) is 45.7 Å². The van der Waals surface area contributed by atoms with Gasteiger partial charge < -0.3 is 15.5 Å². The van der Waals surface area contributed by atoms with E-state index in [9.17, 15) is 0 Å². The third kappa shape index (κ3) is 3.73. The first-order chi connectivity index (χ1) is 10.7. The van der Waals surface area contributed by atoms with Crippen LogP contribution in [0, 0.1) is 12.8 Å². The van der Waals surface area contributed by atoms with Crippen LogP contribution in [0.3, 0.4) is 0 Å². The van der Waals surface area contributed by atoms with Crippen LogP contribution in [-0.4, -0.2) is 37.7 Å². The average Bonchev–Trinajstić information content (AvgIpc) is 2.99. The van der Waals surface area contributed by atoms with Crippen molar-refractivity contribution in [2.24, 2.45) is 10.9 Å². The molecule has 4 heteroatoms. The van der Waals surface area contributed by atoms with Crippen molar-refractivity contribution < 1.29 is 0 Å². The molecule has 0 bridgehead atoms. The second kappa shape index (κ2) is 6.59. The topological polar surface area (TPSA) is 39.7 Å². The van der Waals surface area contributed by atoms with Gasteiger partial charge in [-0.3, -0.25) is 4.99 Å². The summed E-state index contributed by atoms with van der Waals surface area (Å²) >= 11 is 0. The van der Waals surface area contributed by atoms with Crippen LogP contribution >= 0.6 is 0 Å². The van der Waals surface area contributed by atoms with E-state index in [1.165, 1.54) is 24.1 Å². The zero-order chi connectivity index (χ0) is 15.5. The number of nitrogens with zero attached hydrogens (tertiary/aromatic N) is 2. The van der Waals surface area contributed by atoms with Gasteiger partial charge in [-0.05, 0) is 44.7 Å². The van der Waals surface area contributed by atoms with Crippen LogP contribution in [0.1, 0.15) is 32.3 Å². The van der Waals surface area contributed by atoms with Gasteiger partial charge >= 0.3 is 0 Å². The molecule has 1 saturated heterocycles. The molecule has 0 spiro atoms. The molecule has 120 valence electrons. The lowest BCUT2D eigenvalue weighted by atomic mass is 10.2. The highest BCUT2D eigenvalue weighted by molar-refractivity contribution is 5.81. The third-order valence-corrected chi connectivity index (χ3v) is 4.68. The van der Waals surface area contributed by atoms with Crippen molar-refractivity contribution in [1.29, 1.82) is 0 Å². The van der Waals surface area contributed by atoms with E-state index < -0.39 is 0 Å². The Kier molecular flexibility index (Phi) is 4.55. The van der Waals surface area contributed by atoms with Crippen LogP contribution < -0.4 is 15.5 Å².